The van der Waals surface area contributed by atoms with Gasteiger partial charge in [-0.25, -0.2) is 8.78 Å². The van der Waals surface area contributed by atoms with Gasteiger partial charge >= 0.3 is 0 Å². The second-order valence-electron chi connectivity index (χ2n) is 7.16. The SMILES string of the molecule is CC(C)(C)C1CCCC(Nc2c(F)cc(F)cc2Br)CC1. The monoisotopic (exact) mass is 359 g/mol. The zero-order valence-electron chi connectivity index (χ0n) is 13.0. The van der Waals surface area contributed by atoms with Crippen molar-refractivity contribution in [1.82, 2.24) is 0 Å². The number of hydrogen-bond acceptors (Lipinski definition) is 1. The molecule has 4 heteroatoms. The molecule has 1 fully saturated rings. The highest BCUT2D eigenvalue weighted by Crippen LogP contribution is 2.38. The third-order valence-corrected chi connectivity index (χ3v) is 5.17. The molecule has 1 aliphatic carbocycles. The van der Waals surface area contributed by atoms with Gasteiger partial charge in [0.1, 0.15) is 11.6 Å². The summed E-state index contributed by atoms with van der Waals surface area (Å²) in [6, 6.07) is 2.50. The molecule has 2 rings (SSSR count). The van der Waals surface area contributed by atoms with E-state index in [0.717, 1.165) is 31.7 Å². The molecule has 0 spiro atoms. The summed E-state index contributed by atoms with van der Waals surface area (Å²) in [7, 11) is 0. The van der Waals surface area contributed by atoms with Crippen LogP contribution in [0.1, 0.15) is 52.9 Å². The average Bonchev–Trinajstić information content (AvgIpc) is 2.58. The molecule has 0 aliphatic heterocycles. The Hall–Kier alpha value is -0.640. The lowest BCUT2D eigenvalue weighted by Crippen LogP contribution is -2.22. The van der Waals surface area contributed by atoms with Crippen LogP contribution >= 0.6 is 15.9 Å². The van der Waals surface area contributed by atoms with E-state index in [0.29, 0.717) is 21.5 Å². The van der Waals surface area contributed by atoms with Crippen molar-refractivity contribution in [3.8, 4) is 0 Å². The van der Waals surface area contributed by atoms with Crippen LogP contribution in [0.4, 0.5) is 14.5 Å². The highest BCUT2D eigenvalue weighted by Gasteiger charge is 2.28. The average molecular weight is 360 g/mol. The van der Waals surface area contributed by atoms with Gasteiger partial charge in [-0.3, -0.25) is 0 Å². The minimum atomic E-state index is -0.557. The number of rotatable bonds is 2. The second kappa shape index (κ2) is 6.64. The maximum Gasteiger partial charge on any atom is 0.150 e. The van der Waals surface area contributed by atoms with Crippen LogP contribution in [0.3, 0.4) is 0 Å². The lowest BCUT2D eigenvalue weighted by Gasteiger charge is -2.29. The van der Waals surface area contributed by atoms with Gasteiger partial charge in [-0.2, -0.15) is 0 Å². The van der Waals surface area contributed by atoms with E-state index in [4.69, 9.17) is 0 Å². The van der Waals surface area contributed by atoms with Crippen LogP contribution in [0.15, 0.2) is 16.6 Å². The predicted octanol–water partition coefficient (Wildman–Crippen LogP) is 6.13. The highest BCUT2D eigenvalue weighted by atomic mass is 79.9. The summed E-state index contributed by atoms with van der Waals surface area (Å²) in [6.45, 7) is 6.88. The first-order chi connectivity index (χ1) is 9.77. The molecule has 1 aromatic carbocycles. The van der Waals surface area contributed by atoms with Gasteiger partial charge in [0, 0.05) is 16.6 Å². The van der Waals surface area contributed by atoms with Crippen molar-refractivity contribution in [1.29, 1.82) is 0 Å². The predicted molar refractivity (Wildman–Crippen MR) is 87.5 cm³/mol. The maximum absolute atomic E-state index is 13.9. The summed E-state index contributed by atoms with van der Waals surface area (Å²) in [5, 5.41) is 3.27. The van der Waals surface area contributed by atoms with Gasteiger partial charge in [0.2, 0.25) is 0 Å². The van der Waals surface area contributed by atoms with Crippen molar-refractivity contribution in [3.05, 3.63) is 28.2 Å². The molecule has 0 radical (unpaired) electrons. The van der Waals surface area contributed by atoms with Gasteiger partial charge < -0.3 is 5.32 Å². The summed E-state index contributed by atoms with van der Waals surface area (Å²) in [6.07, 6.45) is 5.61. The van der Waals surface area contributed by atoms with Crippen LogP contribution < -0.4 is 5.32 Å². The van der Waals surface area contributed by atoms with E-state index in [1.54, 1.807) is 0 Å². The molecule has 1 aromatic rings. The number of hydrogen-bond donors (Lipinski definition) is 1. The number of nitrogens with one attached hydrogen (secondary N) is 1. The molecule has 1 aliphatic rings. The van der Waals surface area contributed by atoms with Crippen molar-refractivity contribution >= 4 is 21.6 Å². The Labute approximate surface area is 134 Å². The van der Waals surface area contributed by atoms with E-state index in [-0.39, 0.29) is 6.04 Å². The minimum Gasteiger partial charge on any atom is -0.379 e. The Morgan fingerprint density at radius 2 is 1.81 bits per heavy atom. The summed E-state index contributed by atoms with van der Waals surface area (Å²) in [4.78, 5) is 0. The Kier molecular flexibility index (Phi) is 5.29. The topological polar surface area (TPSA) is 12.0 Å². The molecular weight excluding hydrogens is 336 g/mol. The van der Waals surface area contributed by atoms with Crippen molar-refractivity contribution in [3.63, 3.8) is 0 Å². The minimum absolute atomic E-state index is 0.258. The van der Waals surface area contributed by atoms with Gasteiger partial charge in [0.25, 0.3) is 0 Å². The van der Waals surface area contributed by atoms with Crippen molar-refractivity contribution in [2.75, 3.05) is 5.32 Å². The zero-order valence-corrected chi connectivity index (χ0v) is 14.6. The molecule has 1 saturated carbocycles. The first-order valence-corrected chi connectivity index (χ1v) is 8.47. The summed E-state index contributed by atoms with van der Waals surface area (Å²) in [5.41, 5.74) is 0.715. The van der Waals surface area contributed by atoms with Crippen molar-refractivity contribution in [2.24, 2.45) is 11.3 Å². The van der Waals surface area contributed by atoms with E-state index in [1.807, 2.05) is 0 Å². The molecule has 0 heterocycles. The molecule has 1 nitrogen and oxygen atoms in total. The number of anilines is 1. The molecule has 2 atom stereocenters. The van der Waals surface area contributed by atoms with E-state index in [1.165, 1.54) is 12.5 Å². The lowest BCUT2D eigenvalue weighted by molar-refractivity contribution is 0.214. The molecule has 21 heavy (non-hydrogen) atoms. The van der Waals surface area contributed by atoms with Gasteiger partial charge in [-0.1, -0.05) is 27.2 Å². The molecule has 0 saturated heterocycles. The number of benzene rings is 1. The fourth-order valence-corrected chi connectivity index (χ4v) is 3.72. The van der Waals surface area contributed by atoms with Gasteiger partial charge in [0.05, 0.1) is 5.69 Å². The zero-order chi connectivity index (χ0) is 15.6. The Balaban J connectivity index is 2.05. The van der Waals surface area contributed by atoms with Gasteiger partial charge in [-0.15, -0.1) is 0 Å². The fraction of sp³-hybridized carbons (Fsp3) is 0.647. The Morgan fingerprint density at radius 1 is 1.10 bits per heavy atom. The van der Waals surface area contributed by atoms with Crippen LogP contribution in [-0.2, 0) is 0 Å². The van der Waals surface area contributed by atoms with E-state index in [2.05, 4.69) is 42.0 Å². The standard InChI is InChI=1S/C17H24BrF2N/c1-17(2,3)11-5-4-6-13(8-7-11)21-16-14(18)9-12(19)10-15(16)20/h9-11,13,21H,4-8H2,1-3H3. The Morgan fingerprint density at radius 3 is 2.43 bits per heavy atom. The third-order valence-electron chi connectivity index (χ3n) is 4.55. The molecule has 0 aromatic heterocycles. The smallest absolute Gasteiger partial charge is 0.150 e. The van der Waals surface area contributed by atoms with E-state index < -0.39 is 11.6 Å². The van der Waals surface area contributed by atoms with Crippen LogP contribution in [-0.4, -0.2) is 6.04 Å². The van der Waals surface area contributed by atoms with Crippen LogP contribution in [0.2, 0.25) is 0 Å². The quantitative estimate of drug-likeness (QED) is 0.625. The summed E-state index contributed by atoms with van der Waals surface area (Å²) < 4.78 is 27.5. The van der Waals surface area contributed by atoms with E-state index >= 15 is 0 Å². The molecule has 2 unspecified atom stereocenters. The van der Waals surface area contributed by atoms with Crippen LogP contribution in [0.25, 0.3) is 0 Å². The first kappa shape index (κ1) is 16.7. The van der Waals surface area contributed by atoms with Gasteiger partial charge in [0.15, 0.2) is 0 Å². The fourth-order valence-electron chi connectivity index (χ4n) is 3.20. The normalized spacial score (nSPS) is 23.7. The maximum atomic E-state index is 13.9. The lowest BCUT2D eigenvalue weighted by atomic mass is 9.76. The second-order valence-corrected chi connectivity index (χ2v) is 8.01. The van der Waals surface area contributed by atoms with Crippen LogP contribution in [0, 0.1) is 23.0 Å². The summed E-state index contributed by atoms with van der Waals surface area (Å²) >= 11 is 3.25. The van der Waals surface area contributed by atoms with E-state index in [9.17, 15) is 8.78 Å². The first-order valence-electron chi connectivity index (χ1n) is 7.68. The molecule has 0 bridgehead atoms. The molecule has 1 N–H and O–H groups in total. The summed E-state index contributed by atoms with van der Waals surface area (Å²) in [5.74, 6) is -0.372. The molecular formula is C17H24BrF2N. The number of halogens is 3. The third kappa shape index (κ3) is 4.41. The van der Waals surface area contributed by atoms with Crippen LogP contribution in [0.5, 0.6) is 0 Å². The Bertz CT molecular complexity index is 473. The highest BCUT2D eigenvalue weighted by molar-refractivity contribution is 9.10. The van der Waals surface area contributed by atoms with Crippen molar-refractivity contribution < 1.29 is 8.78 Å². The molecule has 118 valence electrons. The van der Waals surface area contributed by atoms with Crippen molar-refractivity contribution in [2.45, 2.75) is 58.9 Å². The largest absolute Gasteiger partial charge is 0.379 e. The molecule has 0 amide bonds. The van der Waals surface area contributed by atoms with Gasteiger partial charge in [-0.05, 0) is 59.0 Å².